The van der Waals surface area contributed by atoms with Crippen LogP contribution in [0.4, 0.5) is 0 Å². The SMILES string of the molecule is CC1(C)CN(C(=O)Cc2csc(-c3ccc(Cl)cc3)n2)CCC1N.Cl.Cl. The number of rotatable bonds is 3. The topological polar surface area (TPSA) is 59.2 Å². The summed E-state index contributed by atoms with van der Waals surface area (Å²) in [7, 11) is 0. The highest BCUT2D eigenvalue weighted by Crippen LogP contribution is 2.29. The van der Waals surface area contributed by atoms with Crippen LogP contribution in [0.1, 0.15) is 26.0 Å². The van der Waals surface area contributed by atoms with Gasteiger partial charge in [-0.25, -0.2) is 4.98 Å². The fraction of sp³-hybridized carbons (Fsp3) is 0.444. The maximum absolute atomic E-state index is 12.6. The molecule has 1 saturated heterocycles. The highest BCUT2D eigenvalue weighted by molar-refractivity contribution is 7.13. The summed E-state index contributed by atoms with van der Waals surface area (Å²) in [4.78, 5) is 19.1. The summed E-state index contributed by atoms with van der Waals surface area (Å²) in [6.07, 6.45) is 1.20. The van der Waals surface area contributed by atoms with Crippen molar-refractivity contribution in [2.45, 2.75) is 32.7 Å². The van der Waals surface area contributed by atoms with Gasteiger partial charge in [0.15, 0.2) is 0 Å². The number of hydrogen-bond acceptors (Lipinski definition) is 4. The van der Waals surface area contributed by atoms with E-state index in [2.05, 4.69) is 18.8 Å². The lowest BCUT2D eigenvalue weighted by Crippen LogP contribution is -2.54. The molecule has 1 aliphatic heterocycles. The largest absolute Gasteiger partial charge is 0.342 e. The zero-order valence-electron chi connectivity index (χ0n) is 14.8. The lowest BCUT2D eigenvalue weighted by molar-refractivity contribution is -0.133. The summed E-state index contributed by atoms with van der Waals surface area (Å²) in [6, 6.07) is 7.74. The number of halogens is 3. The van der Waals surface area contributed by atoms with Crippen molar-refractivity contribution in [1.82, 2.24) is 9.88 Å². The first-order valence-electron chi connectivity index (χ1n) is 8.09. The number of nitrogens with zero attached hydrogens (tertiary/aromatic N) is 2. The molecule has 1 unspecified atom stereocenters. The van der Waals surface area contributed by atoms with Crippen molar-refractivity contribution in [2.24, 2.45) is 11.1 Å². The van der Waals surface area contributed by atoms with Crippen LogP contribution in [0.15, 0.2) is 29.6 Å². The summed E-state index contributed by atoms with van der Waals surface area (Å²) in [5.74, 6) is 0.128. The smallest absolute Gasteiger partial charge is 0.228 e. The highest BCUT2D eigenvalue weighted by atomic mass is 35.5. The van der Waals surface area contributed by atoms with Crippen LogP contribution in [0.5, 0.6) is 0 Å². The minimum Gasteiger partial charge on any atom is -0.342 e. The molecule has 4 nitrogen and oxygen atoms in total. The molecule has 144 valence electrons. The molecule has 1 amide bonds. The number of amides is 1. The number of nitrogens with two attached hydrogens (primary N) is 1. The molecule has 0 spiro atoms. The Balaban J connectivity index is 0.00000169. The van der Waals surface area contributed by atoms with E-state index in [0.29, 0.717) is 18.0 Å². The van der Waals surface area contributed by atoms with Gasteiger partial charge in [0.1, 0.15) is 5.01 Å². The Bertz CT molecular complexity index is 734. The molecule has 1 fully saturated rings. The summed E-state index contributed by atoms with van der Waals surface area (Å²) >= 11 is 7.47. The summed E-state index contributed by atoms with van der Waals surface area (Å²) in [5, 5.41) is 3.58. The molecule has 8 heteroatoms. The average molecular weight is 437 g/mol. The number of piperidine rings is 1. The zero-order valence-corrected chi connectivity index (χ0v) is 18.0. The second-order valence-electron chi connectivity index (χ2n) is 7.03. The van der Waals surface area contributed by atoms with Gasteiger partial charge < -0.3 is 10.6 Å². The number of thiazole rings is 1. The molecule has 0 bridgehead atoms. The maximum atomic E-state index is 12.6. The Kier molecular flexibility index (Phi) is 8.36. The number of aromatic nitrogens is 1. The minimum absolute atomic E-state index is 0. The van der Waals surface area contributed by atoms with Crippen molar-refractivity contribution < 1.29 is 4.79 Å². The molecule has 1 aromatic carbocycles. The van der Waals surface area contributed by atoms with E-state index in [9.17, 15) is 4.79 Å². The summed E-state index contributed by atoms with van der Waals surface area (Å²) in [5.41, 5.74) is 7.95. The number of likely N-dealkylation sites (tertiary alicyclic amines) is 1. The summed E-state index contributed by atoms with van der Waals surface area (Å²) in [6.45, 7) is 5.69. The van der Waals surface area contributed by atoms with E-state index in [1.54, 1.807) is 11.3 Å². The van der Waals surface area contributed by atoms with Gasteiger partial charge in [0.05, 0.1) is 12.1 Å². The van der Waals surface area contributed by atoms with Crippen LogP contribution in [0.2, 0.25) is 5.02 Å². The third-order valence-corrected chi connectivity index (χ3v) is 5.83. The Hall–Kier alpha value is -0.850. The van der Waals surface area contributed by atoms with E-state index in [0.717, 1.165) is 29.2 Å². The first kappa shape index (κ1) is 23.2. The van der Waals surface area contributed by atoms with Crippen molar-refractivity contribution >= 4 is 53.7 Å². The van der Waals surface area contributed by atoms with Gasteiger partial charge in [-0.05, 0) is 24.0 Å². The molecule has 3 rings (SSSR count). The molecule has 1 aliphatic rings. The van der Waals surface area contributed by atoms with Gasteiger partial charge >= 0.3 is 0 Å². The monoisotopic (exact) mass is 435 g/mol. The Morgan fingerprint density at radius 3 is 2.62 bits per heavy atom. The standard InChI is InChI=1S/C18H22ClN3OS.2ClH/c1-18(2)11-22(8-7-15(18)20)16(23)9-14-10-24-17(21-14)12-3-5-13(19)6-4-12;;/h3-6,10,15H,7-9,11,20H2,1-2H3;2*1H. The van der Waals surface area contributed by atoms with Crippen molar-refractivity contribution in [2.75, 3.05) is 13.1 Å². The van der Waals surface area contributed by atoms with Gasteiger partial charge in [0.2, 0.25) is 5.91 Å². The van der Waals surface area contributed by atoms with Crippen LogP contribution in [0.25, 0.3) is 10.6 Å². The lowest BCUT2D eigenvalue weighted by Gasteiger charge is -2.42. The normalized spacial score (nSPS) is 18.6. The summed E-state index contributed by atoms with van der Waals surface area (Å²) < 4.78 is 0. The molecule has 26 heavy (non-hydrogen) atoms. The van der Waals surface area contributed by atoms with Crippen molar-refractivity contribution in [3.05, 3.63) is 40.4 Å². The molecule has 2 N–H and O–H groups in total. The molecular weight excluding hydrogens is 413 g/mol. The molecule has 1 atom stereocenters. The Labute approximate surface area is 175 Å². The van der Waals surface area contributed by atoms with E-state index < -0.39 is 0 Å². The van der Waals surface area contributed by atoms with Crippen molar-refractivity contribution in [3.63, 3.8) is 0 Å². The molecule has 2 aromatic rings. The molecule has 2 heterocycles. The highest BCUT2D eigenvalue weighted by Gasteiger charge is 2.35. The van der Waals surface area contributed by atoms with Crippen LogP contribution in [-0.4, -0.2) is 34.9 Å². The molecular formula is C18H24Cl3N3OS. The first-order valence-corrected chi connectivity index (χ1v) is 9.34. The number of hydrogen-bond donors (Lipinski definition) is 1. The minimum atomic E-state index is -0.0373. The molecule has 1 aromatic heterocycles. The molecule has 0 saturated carbocycles. The zero-order chi connectivity index (χ0) is 17.3. The fourth-order valence-corrected chi connectivity index (χ4v) is 3.92. The van der Waals surface area contributed by atoms with E-state index in [-0.39, 0.29) is 42.2 Å². The average Bonchev–Trinajstić information content (AvgIpc) is 2.99. The number of carbonyl (C=O) groups is 1. The Morgan fingerprint density at radius 1 is 1.35 bits per heavy atom. The molecule has 0 aliphatic carbocycles. The third kappa shape index (κ3) is 5.33. The first-order chi connectivity index (χ1) is 11.3. The van der Waals surface area contributed by atoms with Gasteiger partial charge in [0, 0.05) is 35.1 Å². The van der Waals surface area contributed by atoms with E-state index in [4.69, 9.17) is 17.3 Å². The second kappa shape index (κ2) is 9.38. The van der Waals surface area contributed by atoms with Gasteiger partial charge in [-0.15, -0.1) is 36.2 Å². The predicted octanol–water partition coefficient (Wildman–Crippen LogP) is 4.44. The van der Waals surface area contributed by atoms with Gasteiger partial charge in [0.25, 0.3) is 0 Å². The van der Waals surface area contributed by atoms with Gasteiger partial charge in [-0.3, -0.25) is 4.79 Å². The third-order valence-electron chi connectivity index (χ3n) is 4.64. The quantitative estimate of drug-likeness (QED) is 0.774. The van der Waals surface area contributed by atoms with E-state index in [1.165, 1.54) is 0 Å². The van der Waals surface area contributed by atoms with Gasteiger partial charge in [-0.1, -0.05) is 37.6 Å². The van der Waals surface area contributed by atoms with Crippen molar-refractivity contribution in [3.8, 4) is 10.6 Å². The van der Waals surface area contributed by atoms with Crippen LogP contribution in [0.3, 0.4) is 0 Å². The molecule has 0 radical (unpaired) electrons. The second-order valence-corrected chi connectivity index (χ2v) is 8.32. The van der Waals surface area contributed by atoms with Crippen LogP contribution in [0, 0.1) is 5.41 Å². The van der Waals surface area contributed by atoms with Crippen molar-refractivity contribution in [1.29, 1.82) is 0 Å². The lowest BCUT2D eigenvalue weighted by atomic mass is 9.79. The number of benzene rings is 1. The van der Waals surface area contributed by atoms with Crippen LogP contribution in [-0.2, 0) is 11.2 Å². The van der Waals surface area contributed by atoms with Crippen LogP contribution < -0.4 is 5.73 Å². The number of carbonyl (C=O) groups excluding carboxylic acids is 1. The predicted molar refractivity (Wildman–Crippen MR) is 114 cm³/mol. The fourth-order valence-electron chi connectivity index (χ4n) is 2.97. The Morgan fingerprint density at radius 2 is 2.00 bits per heavy atom. The maximum Gasteiger partial charge on any atom is 0.228 e. The van der Waals surface area contributed by atoms with Gasteiger partial charge in [-0.2, -0.15) is 0 Å². The van der Waals surface area contributed by atoms with Crippen LogP contribution >= 0.6 is 47.8 Å². The van der Waals surface area contributed by atoms with E-state index in [1.807, 2.05) is 34.5 Å². The van der Waals surface area contributed by atoms with E-state index >= 15 is 0 Å².